The van der Waals surface area contributed by atoms with Gasteiger partial charge in [-0.25, -0.2) is 4.79 Å². The van der Waals surface area contributed by atoms with Gasteiger partial charge in [0.1, 0.15) is 10.5 Å². The van der Waals surface area contributed by atoms with E-state index in [2.05, 4.69) is 5.32 Å². The second-order valence-corrected chi connectivity index (χ2v) is 11.1. The molecule has 0 aliphatic carbocycles. The van der Waals surface area contributed by atoms with Crippen molar-refractivity contribution in [3.8, 4) is 0 Å². The molecule has 11 heteroatoms. The number of rotatable bonds is 5. The first-order valence-electron chi connectivity index (χ1n) is 10.6. The van der Waals surface area contributed by atoms with Gasteiger partial charge in [0, 0.05) is 20.5 Å². The number of carbonyl (C=O) groups is 2. The number of thiophene rings is 2. The predicted molar refractivity (Wildman–Crippen MR) is 146 cm³/mol. The summed E-state index contributed by atoms with van der Waals surface area (Å²) in [7, 11) is 1.24. The molecule has 1 aromatic carbocycles. The van der Waals surface area contributed by atoms with Crippen LogP contribution in [0.1, 0.15) is 15.7 Å². The SMILES string of the molecule is COC(=O)C1=C(N)n2c(s/c(=C/c3cccs3)c2=O)=C(C(=O)Nc2ccc(Cl)cc2)C1c1cccs1. The van der Waals surface area contributed by atoms with Crippen LogP contribution in [0.25, 0.3) is 17.5 Å². The Labute approximate surface area is 222 Å². The zero-order valence-electron chi connectivity index (χ0n) is 18.7. The van der Waals surface area contributed by atoms with E-state index in [-0.39, 0.29) is 17.0 Å². The second kappa shape index (κ2) is 9.90. The Morgan fingerprint density at radius 1 is 1.08 bits per heavy atom. The minimum atomic E-state index is -0.822. The van der Waals surface area contributed by atoms with Crippen molar-refractivity contribution in [3.05, 3.63) is 99.2 Å². The number of amides is 1. The number of hydrogen-bond acceptors (Lipinski definition) is 8. The van der Waals surface area contributed by atoms with Crippen molar-refractivity contribution in [2.24, 2.45) is 5.73 Å². The molecule has 0 bridgehead atoms. The fourth-order valence-corrected chi connectivity index (χ4v) is 6.82. The average Bonchev–Trinajstić information content (AvgIpc) is 3.63. The van der Waals surface area contributed by atoms with Crippen molar-refractivity contribution in [1.29, 1.82) is 0 Å². The number of nitrogens with two attached hydrogens (primary N) is 1. The van der Waals surface area contributed by atoms with Crippen LogP contribution in [-0.4, -0.2) is 23.6 Å². The Hall–Kier alpha value is -3.44. The second-order valence-electron chi connectivity index (χ2n) is 7.69. The Balaban J connectivity index is 1.81. The summed E-state index contributed by atoms with van der Waals surface area (Å²) < 4.78 is 7.03. The smallest absolute Gasteiger partial charge is 0.338 e. The number of methoxy groups -OCH3 is 1. The minimum absolute atomic E-state index is 0.0382. The molecule has 1 unspecified atom stereocenters. The molecule has 0 spiro atoms. The van der Waals surface area contributed by atoms with Gasteiger partial charge in [0.25, 0.3) is 11.5 Å². The minimum Gasteiger partial charge on any atom is -0.466 e. The zero-order chi connectivity index (χ0) is 25.4. The van der Waals surface area contributed by atoms with E-state index in [1.54, 1.807) is 30.3 Å². The highest BCUT2D eigenvalue weighted by atomic mass is 35.5. The van der Waals surface area contributed by atoms with Gasteiger partial charge in [-0.05, 0) is 53.2 Å². The fraction of sp³-hybridized carbons (Fsp3) is 0.0800. The number of halogens is 1. The molecule has 5 rings (SSSR count). The first-order valence-corrected chi connectivity index (χ1v) is 13.5. The van der Waals surface area contributed by atoms with E-state index in [1.807, 2.05) is 35.0 Å². The monoisotopic (exact) mass is 555 g/mol. The molecule has 182 valence electrons. The predicted octanol–water partition coefficient (Wildman–Crippen LogP) is 3.40. The van der Waals surface area contributed by atoms with Crippen LogP contribution in [0.3, 0.4) is 0 Å². The summed E-state index contributed by atoms with van der Waals surface area (Å²) in [5, 5.41) is 7.16. The summed E-state index contributed by atoms with van der Waals surface area (Å²) in [6.07, 6.45) is 1.75. The van der Waals surface area contributed by atoms with Gasteiger partial charge in [-0.3, -0.25) is 14.2 Å². The highest BCUT2D eigenvalue weighted by Crippen LogP contribution is 2.39. The maximum atomic E-state index is 13.8. The van der Waals surface area contributed by atoms with Crippen LogP contribution in [-0.2, 0) is 14.3 Å². The Morgan fingerprint density at radius 2 is 1.81 bits per heavy atom. The molecule has 4 heterocycles. The lowest BCUT2D eigenvalue weighted by molar-refractivity contribution is -0.136. The van der Waals surface area contributed by atoms with Gasteiger partial charge in [-0.15, -0.1) is 34.0 Å². The molecule has 4 aromatic rings. The molecular formula is C25H18ClN3O4S3. The van der Waals surface area contributed by atoms with E-state index >= 15 is 0 Å². The van der Waals surface area contributed by atoms with Gasteiger partial charge in [-0.1, -0.05) is 23.7 Å². The number of nitrogens with zero attached hydrogens (tertiary/aromatic N) is 1. The molecule has 0 saturated carbocycles. The molecule has 1 aliphatic heterocycles. The van der Waals surface area contributed by atoms with Gasteiger partial charge in [0.15, 0.2) is 0 Å². The van der Waals surface area contributed by atoms with Crippen LogP contribution < -0.4 is 25.8 Å². The molecular weight excluding hydrogens is 538 g/mol. The number of nitrogens with one attached hydrogen (secondary N) is 1. The fourth-order valence-electron chi connectivity index (χ4n) is 3.95. The van der Waals surface area contributed by atoms with Crippen molar-refractivity contribution >= 4 is 80.6 Å². The topological polar surface area (TPSA) is 103 Å². The first kappa shape index (κ1) is 24.3. The van der Waals surface area contributed by atoms with Crippen molar-refractivity contribution in [1.82, 2.24) is 4.57 Å². The van der Waals surface area contributed by atoms with Gasteiger partial charge in [-0.2, -0.15) is 0 Å². The summed E-state index contributed by atoms with van der Waals surface area (Å²) in [5.41, 5.74) is 6.83. The van der Waals surface area contributed by atoms with Crippen LogP contribution in [0.2, 0.25) is 5.02 Å². The van der Waals surface area contributed by atoms with Gasteiger partial charge < -0.3 is 15.8 Å². The van der Waals surface area contributed by atoms with Crippen LogP contribution in [0.4, 0.5) is 5.69 Å². The number of anilines is 1. The van der Waals surface area contributed by atoms with Gasteiger partial charge in [0.2, 0.25) is 0 Å². The van der Waals surface area contributed by atoms with E-state index < -0.39 is 23.4 Å². The van der Waals surface area contributed by atoms with Crippen LogP contribution in [0, 0.1) is 0 Å². The number of aromatic nitrogens is 1. The molecule has 7 nitrogen and oxygen atoms in total. The van der Waals surface area contributed by atoms with E-state index in [4.69, 9.17) is 22.1 Å². The van der Waals surface area contributed by atoms with Crippen molar-refractivity contribution in [2.75, 3.05) is 12.4 Å². The highest BCUT2D eigenvalue weighted by molar-refractivity contribution is 7.11. The lowest BCUT2D eigenvalue weighted by Gasteiger charge is -2.26. The Kier molecular flexibility index (Phi) is 6.67. The van der Waals surface area contributed by atoms with E-state index in [0.29, 0.717) is 19.9 Å². The third-order valence-electron chi connectivity index (χ3n) is 5.54. The lowest BCUT2D eigenvalue weighted by Crippen LogP contribution is -2.42. The highest BCUT2D eigenvalue weighted by Gasteiger charge is 2.39. The maximum absolute atomic E-state index is 13.8. The van der Waals surface area contributed by atoms with Crippen LogP contribution >= 0.6 is 45.6 Å². The standard InChI is InChI=1S/C25H18ClN3O4S3/c1-33-25(32)19-18(16-5-3-11-35-16)20(22(30)28-14-8-6-13(26)7-9-14)24-29(21(19)27)23(31)17(36-24)12-15-4-2-10-34-15/h2-12,18H,27H2,1H3,(H,28,30)/b17-12+. The van der Waals surface area contributed by atoms with Crippen LogP contribution in [0.5, 0.6) is 0 Å². The quantitative estimate of drug-likeness (QED) is 0.367. The summed E-state index contributed by atoms with van der Waals surface area (Å²) in [6.45, 7) is 0. The molecule has 1 aliphatic rings. The molecule has 3 aromatic heterocycles. The molecule has 0 saturated heterocycles. The normalized spacial score (nSPS) is 15.7. The lowest BCUT2D eigenvalue weighted by atomic mass is 9.87. The van der Waals surface area contributed by atoms with Crippen LogP contribution in [0.15, 0.2) is 69.7 Å². The number of ether oxygens (including phenoxy) is 1. The number of benzene rings is 1. The number of thiazole rings is 1. The van der Waals surface area contributed by atoms with E-state index in [1.165, 1.54) is 34.4 Å². The molecule has 0 radical (unpaired) electrons. The third-order valence-corrected chi connectivity index (χ3v) is 8.66. The molecule has 1 atom stereocenters. The van der Waals surface area contributed by atoms with Crippen molar-refractivity contribution in [2.45, 2.75) is 5.92 Å². The zero-order valence-corrected chi connectivity index (χ0v) is 21.9. The third kappa shape index (κ3) is 4.33. The molecule has 1 amide bonds. The number of fused-ring (bicyclic) bond motifs is 1. The van der Waals surface area contributed by atoms with Crippen molar-refractivity contribution < 1.29 is 14.3 Å². The Bertz CT molecular complexity index is 1670. The summed E-state index contributed by atoms with van der Waals surface area (Å²) >= 11 is 10.0. The molecule has 3 N–H and O–H groups in total. The van der Waals surface area contributed by atoms with Crippen molar-refractivity contribution in [3.63, 3.8) is 0 Å². The number of hydrogen-bond donors (Lipinski definition) is 2. The Morgan fingerprint density at radius 3 is 2.44 bits per heavy atom. The molecule has 0 fully saturated rings. The first-order chi connectivity index (χ1) is 17.4. The largest absolute Gasteiger partial charge is 0.466 e. The van der Waals surface area contributed by atoms with Gasteiger partial charge in [0.05, 0.1) is 28.7 Å². The summed E-state index contributed by atoms with van der Waals surface area (Å²) in [5.74, 6) is -2.06. The summed E-state index contributed by atoms with van der Waals surface area (Å²) in [4.78, 5) is 41.9. The van der Waals surface area contributed by atoms with Gasteiger partial charge >= 0.3 is 5.97 Å². The average molecular weight is 556 g/mol. The molecule has 36 heavy (non-hydrogen) atoms. The maximum Gasteiger partial charge on any atom is 0.338 e. The number of esters is 1. The number of carbonyl (C=O) groups excluding carboxylic acids is 2. The van der Waals surface area contributed by atoms with E-state index in [9.17, 15) is 14.4 Å². The summed E-state index contributed by atoms with van der Waals surface area (Å²) in [6, 6.07) is 14.1. The van der Waals surface area contributed by atoms with E-state index in [0.717, 1.165) is 21.1 Å².